The van der Waals surface area contributed by atoms with Crippen molar-refractivity contribution in [3.63, 3.8) is 0 Å². The lowest BCUT2D eigenvalue weighted by Crippen LogP contribution is -2.26. The van der Waals surface area contributed by atoms with Gasteiger partial charge in [0, 0.05) is 13.0 Å². The van der Waals surface area contributed by atoms with Gasteiger partial charge in [0.05, 0.1) is 6.07 Å². The highest BCUT2D eigenvalue weighted by Crippen LogP contribution is 2.60. The van der Waals surface area contributed by atoms with Crippen LogP contribution in [0.1, 0.15) is 38.5 Å². The smallest absolute Gasteiger partial charge is 0.0622 e. The lowest BCUT2D eigenvalue weighted by atomic mass is 10.0. The van der Waals surface area contributed by atoms with Crippen LogP contribution < -0.4 is 5.32 Å². The molecule has 1 N–H and O–H groups in total. The second-order valence-corrected chi connectivity index (χ2v) is 4.58. The maximum Gasteiger partial charge on any atom is 0.0622 e. The second kappa shape index (κ2) is 3.67. The van der Waals surface area contributed by atoms with Gasteiger partial charge in [0.25, 0.3) is 0 Å². The van der Waals surface area contributed by atoms with Crippen molar-refractivity contribution < 1.29 is 0 Å². The summed E-state index contributed by atoms with van der Waals surface area (Å²) in [6.07, 6.45) is 7.55. The summed E-state index contributed by atoms with van der Waals surface area (Å²) < 4.78 is 0. The predicted octanol–water partition coefficient (Wildman–Crippen LogP) is 2.07. The maximum atomic E-state index is 8.36. The van der Waals surface area contributed by atoms with Crippen LogP contribution in [0.15, 0.2) is 0 Å². The van der Waals surface area contributed by atoms with Gasteiger partial charge >= 0.3 is 0 Å². The Hall–Kier alpha value is -0.550. The van der Waals surface area contributed by atoms with E-state index in [1.54, 1.807) is 0 Å². The molecule has 0 radical (unpaired) electrons. The zero-order valence-corrected chi connectivity index (χ0v) is 8.18. The molecule has 2 rings (SSSR count). The molecule has 0 aromatic heterocycles. The van der Waals surface area contributed by atoms with Crippen LogP contribution in [-0.2, 0) is 0 Å². The van der Waals surface area contributed by atoms with Gasteiger partial charge in [-0.1, -0.05) is 0 Å². The molecule has 72 valence electrons. The van der Waals surface area contributed by atoms with Crippen LogP contribution in [0.5, 0.6) is 0 Å². The largest absolute Gasteiger partial charge is 0.316 e. The van der Waals surface area contributed by atoms with Crippen molar-refractivity contribution in [2.75, 3.05) is 13.1 Å². The van der Waals surface area contributed by atoms with E-state index >= 15 is 0 Å². The molecule has 0 aromatic carbocycles. The average Bonchev–Trinajstić information content (AvgIpc) is 2.98. The fraction of sp³-hybridized carbons (Fsp3) is 0.909. The molecule has 2 saturated carbocycles. The molecular formula is C11H18N2. The topological polar surface area (TPSA) is 35.8 Å². The van der Waals surface area contributed by atoms with E-state index in [0.29, 0.717) is 11.8 Å². The minimum Gasteiger partial charge on any atom is -0.316 e. The zero-order chi connectivity index (χ0) is 9.15. The number of unbranched alkanes of at least 4 members (excludes halogenated alkanes) is 1. The first-order valence-corrected chi connectivity index (χ1v) is 5.45. The van der Waals surface area contributed by atoms with Gasteiger partial charge in [-0.3, -0.25) is 0 Å². The monoisotopic (exact) mass is 178 g/mol. The Bertz CT molecular complexity index is 209. The van der Waals surface area contributed by atoms with Gasteiger partial charge in [0.1, 0.15) is 0 Å². The van der Waals surface area contributed by atoms with Crippen LogP contribution in [-0.4, -0.2) is 13.1 Å². The Kier molecular flexibility index (Phi) is 2.55. The van der Waals surface area contributed by atoms with Crippen LogP contribution >= 0.6 is 0 Å². The highest BCUT2D eigenvalue weighted by atomic mass is 14.9. The summed E-state index contributed by atoms with van der Waals surface area (Å²) in [7, 11) is 0. The fourth-order valence-electron chi connectivity index (χ4n) is 2.22. The highest BCUT2D eigenvalue weighted by molar-refractivity contribution is 5.04. The minimum atomic E-state index is 0.698. The molecule has 0 unspecified atom stereocenters. The third kappa shape index (κ3) is 2.22. The first kappa shape index (κ1) is 9.02. The standard InChI is InChI=1S/C11H18N2/c12-7-1-2-8-13-9-11(5-6-11)10-3-4-10/h10,13H,1-6,8-9H2. The molecule has 0 spiro atoms. The average molecular weight is 178 g/mol. The fourth-order valence-corrected chi connectivity index (χ4v) is 2.22. The first-order valence-electron chi connectivity index (χ1n) is 5.45. The summed E-state index contributed by atoms with van der Waals surface area (Å²) >= 11 is 0. The number of hydrogen-bond donors (Lipinski definition) is 1. The Labute approximate surface area is 80.3 Å². The summed E-state index contributed by atoms with van der Waals surface area (Å²) in [5.41, 5.74) is 0.715. The van der Waals surface area contributed by atoms with Gasteiger partial charge < -0.3 is 5.32 Å². The molecular weight excluding hydrogens is 160 g/mol. The molecule has 0 amide bonds. The van der Waals surface area contributed by atoms with Crippen LogP contribution in [0.3, 0.4) is 0 Å². The molecule has 0 heterocycles. The van der Waals surface area contributed by atoms with Crippen molar-refractivity contribution >= 4 is 0 Å². The van der Waals surface area contributed by atoms with E-state index in [0.717, 1.165) is 18.9 Å². The number of hydrogen-bond acceptors (Lipinski definition) is 2. The number of nitrogens with zero attached hydrogens (tertiary/aromatic N) is 1. The lowest BCUT2D eigenvalue weighted by molar-refractivity contribution is 0.403. The van der Waals surface area contributed by atoms with Crippen molar-refractivity contribution in [2.24, 2.45) is 11.3 Å². The minimum absolute atomic E-state index is 0.698. The summed E-state index contributed by atoms with van der Waals surface area (Å²) in [5, 5.41) is 11.9. The van der Waals surface area contributed by atoms with E-state index in [1.165, 1.54) is 32.2 Å². The van der Waals surface area contributed by atoms with Crippen molar-refractivity contribution in [1.29, 1.82) is 5.26 Å². The Morgan fingerprint density at radius 3 is 2.69 bits per heavy atom. The van der Waals surface area contributed by atoms with Gasteiger partial charge in [0.15, 0.2) is 0 Å². The van der Waals surface area contributed by atoms with Gasteiger partial charge in [-0.2, -0.15) is 5.26 Å². The molecule has 0 atom stereocenters. The Morgan fingerprint density at radius 1 is 1.38 bits per heavy atom. The summed E-state index contributed by atoms with van der Waals surface area (Å²) in [6.45, 7) is 2.24. The predicted molar refractivity (Wildman–Crippen MR) is 52.1 cm³/mol. The van der Waals surface area contributed by atoms with Gasteiger partial charge in [-0.15, -0.1) is 0 Å². The van der Waals surface area contributed by atoms with Crippen molar-refractivity contribution in [3.8, 4) is 6.07 Å². The van der Waals surface area contributed by atoms with E-state index in [4.69, 9.17) is 5.26 Å². The molecule has 0 aliphatic heterocycles. The molecule has 0 bridgehead atoms. The van der Waals surface area contributed by atoms with Crippen molar-refractivity contribution in [3.05, 3.63) is 0 Å². The van der Waals surface area contributed by atoms with Gasteiger partial charge in [-0.25, -0.2) is 0 Å². The third-order valence-corrected chi connectivity index (χ3v) is 3.45. The number of rotatable bonds is 6. The number of nitrogens with one attached hydrogen (secondary N) is 1. The maximum absolute atomic E-state index is 8.36. The summed E-state index contributed by atoms with van der Waals surface area (Å²) in [5.74, 6) is 1.05. The molecule has 0 aromatic rings. The highest BCUT2D eigenvalue weighted by Gasteiger charge is 2.52. The second-order valence-electron chi connectivity index (χ2n) is 4.58. The van der Waals surface area contributed by atoms with Crippen molar-refractivity contribution in [2.45, 2.75) is 38.5 Å². The molecule has 2 heteroatoms. The molecule has 13 heavy (non-hydrogen) atoms. The summed E-state index contributed by atoms with van der Waals surface area (Å²) in [4.78, 5) is 0. The Morgan fingerprint density at radius 2 is 2.15 bits per heavy atom. The van der Waals surface area contributed by atoms with Gasteiger partial charge in [-0.05, 0) is 50.0 Å². The molecule has 0 saturated heterocycles. The SMILES string of the molecule is N#CCCCNCC1(C2CC2)CC1. The molecule has 2 aliphatic rings. The van der Waals surface area contributed by atoms with Crippen LogP contribution in [0.4, 0.5) is 0 Å². The first-order chi connectivity index (χ1) is 6.37. The molecule has 2 nitrogen and oxygen atoms in total. The van der Waals surface area contributed by atoms with E-state index in [2.05, 4.69) is 11.4 Å². The quantitative estimate of drug-likeness (QED) is 0.632. The van der Waals surface area contributed by atoms with E-state index in [1.807, 2.05) is 0 Å². The zero-order valence-electron chi connectivity index (χ0n) is 8.18. The lowest BCUT2D eigenvalue weighted by Gasteiger charge is -2.14. The third-order valence-electron chi connectivity index (χ3n) is 3.45. The van der Waals surface area contributed by atoms with Crippen LogP contribution in [0, 0.1) is 22.7 Å². The van der Waals surface area contributed by atoms with Crippen LogP contribution in [0.2, 0.25) is 0 Å². The number of nitriles is 1. The van der Waals surface area contributed by atoms with Crippen LogP contribution in [0.25, 0.3) is 0 Å². The van der Waals surface area contributed by atoms with Crippen molar-refractivity contribution in [1.82, 2.24) is 5.32 Å². The van der Waals surface area contributed by atoms with Gasteiger partial charge in [0.2, 0.25) is 0 Å². The molecule has 2 fully saturated rings. The Balaban J connectivity index is 1.55. The molecule has 2 aliphatic carbocycles. The van der Waals surface area contributed by atoms with E-state index in [-0.39, 0.29) is 0 Å². The van der Waals surface area contributed by atoms with E-state index < -0.39 is 0 Å². The summed E-state index contributed by atoms with van der Waals surface area (Å²) in [6, 6.07) is 2.18. The van der Waals surface area contributed by atoms with E-state index in [9.17, 15) is 0 Å². The normalized spacial score (nSPS) is 23.9.